The van der Waals surface area contributed by atoms with E-state index in [1.807, 2.05) is 0 Å². The van der Waals surface area contributed by atoms with Gasteiger partial charge in [0.1, 0.15) is 11.4 Å². The van der Waals surface area contributed by atoms with Gasteiger partial charge in [-0.15, -0.1) is 0 Å². The van der Waals surface area contributed by atoms with Gasteiger partial charge in [0.2, 0.25) is 0 Å². The van der Waals surface area contributed by atoms with Crippen LogP contribution in [0.2, 0.25) is 10.0 Å². The normalized spacial score (nSPS) is 15.5. The van der Waals surface area contributed by atoms with Crippen LogP contribution in [0, 0.1) is 0 Å². The molecule has 1 aliphatic rings. The molecule has 2 aromatic carbocycles. The predicted octanol–water partition coefficient (Wildman–Crippen LogP) is 7.49. The van der Waals surface area contributed by atoms with E-state index in [1.54, 1.807) is 50.4 Å². The molecule has 4 rings (SSSR count). The molecule has 188 valence electrons. The van der Waals surface area contributed by atoms with Crippen molar-refractivity contribution < 1.29 is 22.8 Å². The maximum atomic E-state index is 13.3. The summed E-state index contributed by atoms with van der Waals surface area (Å²) in [6.07, 6.45) is 1.56. The summed E-state index contributed by atoms with van der Waals surface area (Å²) in [5.74, 6) is -0.0242. The summed E-state index contributed by atoms with van der Waals surface area (Å²) in [4.78, 5) is 33.1. The van der Waals surface area contributed by atoms with Crippen LogP contribution in [0.5, 0.6) is 0 Å². The van der Waals surface area contributed by atoms with Crippen molar-refractivity contribution in [3.8, 4) is 0 Å². The number of pyridine rings is 1. The molecule has 1 saturated heterocycles. The number of imide groups is 1. The molecule has 0 unspecified atom stereocenters. The zero-order valence-corrected chi connectivity index (χ0v) is 21.3. The molecule has 0 bridgehead atoms. The third kappa shape index (κ3) is 5.55. The van der Waals surface area contributed by atoms with Crippen molar-refractivity contribution >= 4 is 64.1 Å². The van der Waals surface area contributed by atoms with E-state index in [1.165, 1.54) is 29.2 Å². The molecule has 0 atom stereocenters. The minimum atomic E-state index is -4.43. The minimum absolute atomic E-state index is 0.0434. The summed E-state index contributed by atoms with van der Waals surface area (Å²) in [7, 11) is 0. The monoisotopic (exact) mass is 554 g/mol. The number of carbonyl (C=O) groups is 2. The Bertz CT molecular complexity index is 1320. The number of rotatable bonds is 6. The topological polar surface area (TPSA) is 65.5 Å². The summed E-state index contributed by atoms with van der Waals surface area (Å²) < 4.78 is 37.9. The lowest BCUT2D eigenvalue weighted by molar-refractivity contribution is -0.123. The van der Waals surface area contributed by atoms with E-state index in [0.717, 1.165) is 4.90 Å². The average molecular weight is 555 g/mol. The van der Waals surface area contributed by atoms with Crippen LogP contribution in [-0.4, -0.2) is 32.9 Å². The molecular formula is C24H19Cl2F3N4O2S. The highest BCUT2D eigenvalue weighted by Crippen LogP contribution is 2.39. The highest BCUT2D eigenvalue weighted by atomic mass is 35.5. The molecule has 0 spiro atoms. The average Bonchev–Trinajstić information content (AvgIpc) is 2.96. The Morgan fingerprint density at radius 2 is 1.72 bits per heavy atom. The van der Waals surface area contributed by atoms with Crippen molar-refractivity contribution in [3.63, 3.8) is 0 Å². The number of carbonyl (C=O) groups excluding carboxylic acids is 2. The summed E-state index contributed by atoms with van der Waals surface area (Å²) in [6, 6.07) is 12.9. The van der Waals surface area contributed by atoms with Crippen molar-refractivity contribution in [2.24, 2.45) is 0 Å². The minimum Gasteiger partial charge on any atom is -0.339 e. The van der Waals surface area contributed by atoms with Crippen LogP contribution >= 0.6 is 35.0 Å². The van der Waals surface area contributed by atoms with Crippen LogP contribution in [0.15, 0.2) is 65.7 Å². The number of benzene rings is 2. The van der Waals surface area contributed by atoms with Crippen LogP contribution in [0.25, 0.3) is 0 Å². The predicted molar refractivity (Wildman–Crippen MR) is 135 cm³/mol. The second-order valence-corrected chi connectivity index (χ2v) is 10.4. The Hall–Kier alpha value is -2.95. The second-order valence-electron chi connectivity index (χ2n) is 8.41. The lowest BCUT2D eigenvalue weighted by atomic mass is 10.0. The summed E-state index contributed by atoms with van der Waals surface area (Å²) in [5.41, 5.74) is -4.18. The van der Waals surface area contributed by atoms with Gasteiger partial charge in [0.25, 0.3) is 5.91 Å². The molecular weight excluding hydrogens is 536 g/mol. The lowest BCUT2D eigenvalue weighted by Crippen LogP contribution is -2.43. The molecule has 36 heavy (non-hydrogen) atoms. The number of hydrogen-bond donors (Lipinski definition) is 1. The molecule has 1 N–H and O–H groups in total. The molecule has 1 aliphatic heterocycles. The number of nitrogens with one attached hydrogen (secondary N) is 1. The quantitative estimate of drug-likeness (QED) is 0.252. The number of hydrogen-bond acceptors (Lipinski definition) is 5. The molecule has 3 aromatic rings. The van der Waals surface area contributed by atoms with Gasteiger partial charge < -0.3 is 10.2 Å². The standard InChI is InChI=1S/C24H19Cl2F3N4O2S/c1-23(2)21(34)33(16-4-6-17(7-5-16)36-24(27,28)29)22(35)32(23)13-14-9-10-30-20(11-14)31-19-12-15(25)3-8-18(19)26/h3-12H,13H2,1-2H3,(H,30,31). The largest absolute Gasteiger partial charge is 0.446 e. The SMILES string of the molecule is CC1(C)C(=O)N(c2ccc(SC(F)(F)F)cc2)C(=O)N1Cc1ccnc(Nc2cc(Cl)ccc2Cl)c1. The van der Waals surface area contributed by atoms with Crippen LogP contribution < -0.4 is 10.2 Å². The smallest absolute Gasteiger partial charge is 0.339 e. The fourth-order valence-corrected chi connectivity index (χ4v) is 4.56. The number of amides is 3. The Kier molecular flexibility index (Phi) is 7.14. The van der Waals surface area contributed by atoms with Crippen LogP contribution in [0.4, 0.5) is 35.2 Å². The van der Waals surface area contributed by atoms with E-state index in [4.69, 9.17) is 23.2 Å². The van der Waals surface area contributed by atoms with Crippen molar-refractivity contribution in [2.45, 2.75) is 36.3 Å². The van der Waals surface area contributed by atoms with Gasteiger partial charge in [0, 0.05) is 22.7 Å². The van der Waals surface area contributed by atoms with Gasteiger partial charge in [-0.25, -0.2) is 14.7 Å². The van der Waals surface area contributed by atoms with Crippen LogP contribution in [-0.2, 0) is 11.3 Å². The molecule has 6 nitrogen and oxygen atoms in total. The van der Waals surface area contributed by atoms with E-state index in [-0.39, 0.29) is 28.9 Å². The van der Waals surface area contributed by atoms with E-state index >= 15 is 0 Å². The summed E-state index contributed by atoms with van der Waals surface area (Å²) in [5, 5.41) is 4.02. The van der Waals surface area contributed by atoms with Gasteiger partial charge in [-0.3, -0.25) is 4.79 Å². The summed E-state index contributed by atoms with van der Waals surface area (Å²) in [6.45, 7) is 3.33. The first-order valence-electron chi connectivity index (χ1n) is 10.5. The first kappa shape index (κ1) is 26.1. The van der Waals surface area contributed by atoms with Gasteiger partial charge in [0.15, 0.2) is 0 Å². The zero-order valence-electron chi connectivity index (χ0n) is 18.9. The molecule has 0 aliphatic carbocycles. The molecule has 3 amide bonds. The molecule has 1 fully saturated rings. The molecule has 0 saturated carbocycles. The van der Waals surface area contributed by atoms with Gasteiger partial charge >= 0.3 is 11.5 Å². The van der Waals surface area contributed by atoms with E-state index in [2.05, 4.69) is 10.3 Å². The lowest BCUT2D eigenvalue weighted by Gasteiger charge is -2.27. The molecule has 12 heteroatoms. The Morgan fingerprint density at radius 3 is 2.39 bits per heavy atom. The van der Waals surface area contributed by atoms with Gasteiger partial charge in [-0.05, 0) is 85.8 Å². The molecule has 0 radical (unpaired) electrons. The number of anilines is 3. The fraction of sp³-hybridized carbons (Fsp3) is 0.208. The highest BCUT2D eigenvalue weighted by molar-refractivity contribution is 8.00. The number of nitrogens with zero attached hydrogens (tertiary/aromatic N) is 3. The van der Waals surface area contributed by atoms with Gasteiger partial charge in [-0.1, -0.05) is 23.2 Å². The van der Waals surface area contributed by atoms with Crippen LogP contribution in [0.1, 0.15) is 19.4 Å². The number of alkyl halides is 3. The Morgan fingerprint density at radius 1 is 1.03 bits per heavy atom. The van der Waals surface area contributed by atoms with Crippen molar-refractivity contribution in [1.29, 1.82) is 0 Å². The summed E-state index contributed by atoms with van der Waals surface area (Å²) >= 11 is 12.0. The number of thioether (sulfide) groups is 1. The Balaban J connectivity index is 1.55. The van der Waals surface area contributed by atoms with E-state index < -0.39 is 23.0 Å². The zero-order chi connectivity index (χ0) is 26.3. The van der Waals surface area contributed by atoms with Crippen LogP contribution in [0.3, 0.4) is 0 Å². The maximum absolute atomic E-state index is 13.3. The van der Waals surface area contributed by atoms with Gasteiger partial charge in [0.05, 0.1) is 16.4 Å². The van der Waals surface area contributed by atoms with Crippen molar-refractivity contribution in [2.75, 3.05) is 10.2 Å². The molecule has 1 aromatic heterocycles. The maximum Gasteiger partial charge on any atom is 0.446 e. The van der Waals surface area contributed by atoms with Crippen molar-refractivity contribution in [1.82, 2.24) is 9.88 Å². The first-order valence-corrected chi connectivity index (χ1v) is 12.1. The van der Waals surface area contributed by atoms with Gasteiger partial charge in [-0.2, -0.15) is 13.2 Å². The highest BCUT2D eigenvalue weighted by Gasteiger charge is 2.51. The molecule has 2 heterocycles. The fourth-order valence-electron chi connectivity index (χ4n) is 3.68. The number of urea groups is 1. The third-order valence-corrected chi connectivity index (χ3v) is 6.81. The second kappa shape index (κ2) is 9.84. The third-order valence-electron chi connectivity index (χ3n) is 5.51. The Labute approximate surface area is 219 Å². The van der Waals surface area contributed by atoms with E-state index in [0.29, 0.717) is 27.1 Å². The number of halogens is 5. The van der Waals surface area contributed by atoms with E-state index in [9.17, 15) is 22.8 Å². The number of aromatic nitrogens is 1. The van der Waals surface area contributed by atoms with Crippen molar-refractivity contribution in [3.05, 3.63) is 76.4 Å². The first-order chi connectivity index (χ1) is 16.8.